The van der Waals surface area contributed by atoms with Crippen LogP contribution in [0.5, 0.6) is 0 Å². The van der Waals surface area contributed by atoms with Crippen LogP contribution in [0.4, 0.5) is 0 Å². The number of hydrogen-bond acceptors (Lipinski definition) is 4. The number of aliphatic imine (C=N–C) groups is 1. The number of hydrogen-bond donors (Lipinski definition) is 2. The summed E-state index contributed by atoms with van der Waals surface area (Å²) in [6.45, 7) is 10.1. The third-order valence-electron chi connectivity index (χ3n) is 4.72. The van der Waals surface area contributed by atoms with E-state index in [4.69, 9.17) is 9.73 Å². The molecular formula is C21H30N4OS. The van der Waals surface area contributed by atoms with Gasteiger partial charge in [0, 0.05) is 26.2 Å². The van der Waals surface area contributed by atoms with Gasteiger partial charge in [-0.25, -0.2) is 4.99 Å². The average Bonchev–Trinajstić information content (AvgIpc) is 3.21. The molecule has 0 saturated carbocycles. The van der Waals surface area contributed by atoms with Crippen LogP contribution >= 0.6 is 11.3 Å². The predicted molar refractivity (Wildman–Crippen MR) is 113 cm³/mol. The van der Waals surface area contributed by atoms with Gasteiger partial charge in [-0.2, -0.15) is 11.3 Å². The largest absolute Gasteiger partial charge is 0.379 e. The maximum atomic E-state index is 5.56. The second-order valence-electron chi connectivity index (χ2n) is 6.79. The molecule has 2 heterocycles. The first-order chi connectivity index (χ1) is 13.3. The first-order valence-electron chi connectivity index (χ1n) is 9.68. The quantitative estimate of drug-likeness (QED) is 0.567. The van der Waals surface area contributed by atoms with Crippen molar-refractivity contribution in [1.82, 2.24) is 15.5 Å². The zero-order chi connectivity index (χ0) is 18.9. The van der Waals surface area contributed by atoms with Crippen LogP contribution in [0.3, 0.4) is 0 Å². The normalized spacial score (nSPS) is 16.9. The average molecular weight is 387 g/mol. The molecule has 0 bridgehead atoms. The molecular weight excluding hydrogens is 356 g/mol. The van der Waals surface area contributed by atoms with Gasteiger partial charge in [-0.15, -0.1) is 0 Å². The zero-order valence-corrected chi connectivity index (χ0v) is 17.1. The first-order valence-corrected chi connectivity index (χ1v) is 10.6. The Balaban J connectivity index is 1.70. The molecule has 1 aromatic carbocycles. The Labute approximate surface area is 166 Å². The number of nitrogens with zero attached hydrogens (tertiary/aromatic N) is 2. The number of aryl methyl sites for hydroxylation is 1. The monoisotopic (exact) mass is 386 g/mol. The number of benzene rings is 1. The van der Waals surface area contributed by atoms with Gasteiger partial charge in [0.15, 0.2) is 5.96 Å². The van der Waals surface area contributed by atoms with E-state index in [0.717, 1.165) is 45.4 Å². The van der Waals surface area contributed by atoms with Gasteiger partial charge in [0.05, 0.1) is 25.8 Å². The van der Waals surface area contributed by atoms with Crippen LogP contribution in [0.15, 0.2) is 46.1 Å². The number of guanidine groups is 1. The molecule has 1 aromatic heterocycles. The molecule has 1 aliphatic rings. The Hall–Kier alpha value is -1.89. The van der Waals surface area contributed by atoms with Crippen molar-refractivity contribution in [2.45, 2.75) is 26.4 Å². The Kier molecular flexibility index (Phi) is 7.68. The summed E-state index contributed by atoms with van der Waals surface area (Å²) in [6, 6.07) is 11.2. The van der Waals surface area contributed by atoms with E-state index in [0.29, 0.717) is 12.6 Å². The molecule has 27 heavy (non-hydrogen) atoms. The maximum absolute atomic E-state index is 5.56. The lowest BCUT2D eigenvalue weighted by Crippen LogP contribution is -2.46. The van der Waals surface area contributed by atoms with Gasteiger partial charge in [-0.05, 0) is 41.8 Å². The molecule has 1 aliphatic heterocycles. The summed E-state index contributed by atoms with van der Waals surface area (Å²) in [5.41, 5.74) is 3.89. The van der Waals surface area contributed by atoms with E-state index in [1.165, 1.54) is 16.7 Å². The van der Waals surface area contributed by atoms with Crippen LogP contribution < -0.4 is 10.6 Å². The minimum Gasteiger partial charge on any atom is -0.379 e. The number of nitrogens with one attached hydrogen (secondary N) is 2. The van der Waals surface area contributed by atoms with Crippen molar-refractivity contribution in [1.29, 1.82) is 0 Å². The molecule has 0 amide bonds. The van der Waals surface area contributed by atoms with Gasteiger partial charge < -0.3 is 15.4 Å². The fraction of sp³-hybridized carbons (Fsp3) is 0.476. The van der Waals surface area contributed by atoms with Crippen LogP contribution in [-0.4, -0.2) is 50.3 Å². The fourth-order valence-corrected chi connectivity index (χ4v) is 3.97. The third kappa shape index (κ3) is 6.06. The molecule has 1 saturated heterocycles. The van der Waals surface area contributed by atoms with E-state index in [1.807, 2.05) is 0 Å². The van der Waals surface area contributed by atoms with E-state index >= 15 is 0 Å². The zero-order valence-electron chi connectivity index (χ0n) is 16.3. The highest BCUT2D eigenvalue weighted by molar-refractivity contribution is 7.07. The van der Waals surface area contributed by atoms with E-state index in [2.05, 4.69) is 70.5 Å². The van der Waals surface area contributed by atoms with Crippen LogP contribution in [0.1, 0.15) is 29.7 Å². The summed E-state index contributed by atoms with van der Waals surface area (Å²) in [7, 11) is 0. The Morgan fingerprint density at radius 2 is 2.11 bits per heavy atom. The molecule has 6 heteroatoms. The second kappa shape index (κ2) is 10.4. The van der Waals surface area contributed by atoms with Gasteiger partial charge in [-0.1, -0.05) is 29.8 Å². The first kappa shape index (κ1) is 19.9. The minimum atomic E-state index is 0.304. The molecule has 0 spiro atoms. The molecule has 1 unspecified atom stereocenters. The van der Waals surface area contributed by atoms with Crippen molar-refractivity contribution in [2.75, 3.05) is 39.4 Å². The molecule has 1 fully saturated rings. The highest BCUT2D eigenvalue weighted by atomic mass is 32.1. The Morgan fingerprint density at radius 1 is 1.26 bits per heavy atom. The topological polar surface area (TPSA) is 48.9 Å². The molecule has 5 nitrogen and oxygen atoms in total. The molecule has 146 valence electrons. The van der Waals surface area contributed by atoms with E-state index in [-0.39, 0.29) is 0 Å². The molecule has 0 aliphatic carbocycles. The Morgan fingerprint density at radius 3 is 2.81 bits per heavy atom. The van der Waals surface area contributed by atoms with E-state index in [1.54, 1.807) is 11.3 Å². The van der Waals surface area contributed by atoms with Gasteiger partial charge >= 0.3 is 0 Å². The summed E-state index contributed by atoms with van der Waals surface area (Å²) < 4.78 is 5.56. The second-order valence-corrected chi connectivity index (χ2v) is 7.57. The molecule has 2 aromatic rings. The minimum absolute atomic E-state index is 0.304. The lowest BCUT2D eigenvalue weighted by atomic mass is 10.0. The third-order valence-corrected chi connectivity index (χ3v) is 5.45. The SMILES string of the molecule is CCNC(=NCc1ccsc1)NCC(c1cccc(C)c1)N1CCOCC1. The number of rotatable bonds is 7. The van der Waals surface area contributed by atoms with Gasteiger partial charge in [-0.3, -0.25) is 4.90 Å². The summed E-state index contributed by atoms with van der Waals surface area (Å²) >= 11 is 1.71. The lowest BCUT2D eigenvalue weighted by Gasteiger charge is -2.35. The van der Waals surface area contributed by atoms with Crippen molar-refractivity contribution in [3.05, 3.63) is 57.8 Å². The van der Waals surface area contributed by atoms with Crippen molar-refractivity contribution in [2.24, 2.45) is 4.99 Å². The molecule has 2 N–H and O–H groups in total. The highest BCUT2D eigenvalue weighted by Crippen LogP contribution is 2.22. The molecule has 3 rings (SSSR count). The van der Waals surface area contributed by atoms with Gasteiger partial charge in [0.25, 0.3) is 0 Å². The van der Waals surface area contributed by atoms with E-state index in [9.17, 15) is 0 Å². The van der Waals surface area contributed by atoms with Crippen LogP contribution in [0.25, 0.3) is 0 Å². The summed E-state index contributed by atoms with van der Waals surface area (Å²) in [6.07, 6.45) is 0. The van der Waals surface area contributed by atoms with E-state index < -0.39 is 0 Å². The van der Waals surface area contributed by atoms with Crippen LogP contribution in [0, 0.1) is 6.92 Å². The fourth-order valence-electron chi connectivity index (χ4n) is 3.31. The number of morpholine rings is 1. The summed E-state index contributed by atoms with van der Waals surface area (Å²) in [5, 5.41) is 11.2. The molecule has 0 radical (unpaired) electrons. The molecule has 1 atom stereocenters. The van der Waals surface area contributed by atoms with Gasteiger partial charge in [0.1, 0.15) is 0 Å². The van der Waals surface area contributed by atoms with Gasteiger partial charge in [0.2, 0.25) is 0 Å². The van der Waals surface area contributed by atoms with Crippen molar-refractivity contribution in [3.8, 4) is 0 Å². The Bertz CT molecular complexity index is 711. The van der Waals surface area contributed by atoms with Crippen LogP contribution in [-0.2, 0) is 11.3 Å². The number of thiophene rings is 1. The van der Waals surface area contributed by atoms with Crippen molar-refractivity contribution in [3.63, 3.8) is 0 Å². The maximum Gasteiger partial charge on any atom is 0.191 e. The van der Waals surface area contributed by atoms with Crippen molar-refractivity contribution < 1.29 is 4.74 Å². The van der Waals surface area contributed by atoms with Crippen LogP contribution in [0.2, 0.25) is 0 Å². The summed E-state index contributed by atoms with van der Waals surface area (Å²) in [5.74, 6) is 0.870. The lowest BCUT2D eigenvalue weighted by molar-refractivity contribution is 0.0170. The van der Waals surface area contributed by atoms with Crippen molar-refractivity contribution >= 4 is 17.3 Å². The highest BCUT2D eigenvalue weighted by Gasteiger charge is 2.23. The summed E-state index contributed by atoms with van der Waals surface area (Å²) in [4.78, 5) is 7.25. The smallest absolute Gasteiger partial charge is 0.191 e. The number of ether oxygens (including phenoxy) is 1. The predicted octanol–water partition coefficient (Wildman–Crippen LogP) is 3.19. The standard InChI is InChI=1S/C21H30N4OS/c1-3-22-21(23-14-18-7-12-27-16-18)24-15-20(25-8-10-26-11-9-25)19-6-4-5-17(2)13-19/h4-7,12-13,16,20H,3,8-11,14-15H2,1-2H3,(H2,22,23,24).